The van der Waals surface area contributed by atoms with Crippen LogP contribution < -0.4 is 5.73 Å². The first-order chi connectivity index (χ1) is 6.65. The molecule has 1 aromatic carbocycles. The van der Waals surface area contributed by atoms with Crippen LogP contribution in [-0.4, -0.2) is 5.11 Å². The van der Waals surface area contributed by atoms with Gasteiger partial charge in [-0.15, -0.1) is 19.0 Å². The standard InChI is InChI=1S/C11H14BrNO.ClH/c1-2-3-4-10(13)8-5-6-11(14)9(12)7-8;/h2,5-7,10,14H,1,3-4,13H2;1H/t10-;/m0./s1. The van der Waals surface area contributed by atoms with E-state index in [0.29, 0.717) is 4.47 Å². The molecule has 0 fully saturated rings. The molecule has 0 bridgehead atoms. The van der Waals surface area contributed by atoms with E-state index in [1.807, 2.05) is 18.2 Å². The van der Waals surface area contributed by atoms with Crippen LogP contribution in [0.25, 0.3) is 0 Å². The van der Waals surface area contributed by atoms with E-state index in [9.17, 15) is 5.11 Å². The Bertz CT molecular complexity index is 330. The van der Waals surface area contributed by atoms with Crippen molar-refractivity contribution in [2.75, 3.05) is 0 Å². The molecule has 0 unspecified atom stereocenters. The Labute approximate surface area is 105 Å². The Kier molecular flexibility index (Phi) is 6.65. The molecule has 1 atom stereocenters. The quantitative estimate of drug-likeness (QED) is 0.834. The fraction of sp³-hybridized carbons (Fsp3) is 0.273. The molecular weight excluding hydrogens is 277 g/mol. The third-order valence-corrected chi connectivity index (χ3v) is 2.72. The number of aromatic hydroxyl groups is 1. The summed E-state index contributed by atoms with van der Waals surface area (Å²) in [6, 6.07) is 5.34. The predicted molar refractivity (Wildman–Crippen MR) is 69.4 cm³/mol. The molecule has 1 rings (SSSR count). The first kappa shape index (κ1) is 14.5. The molecule has 0 radical (unpaired) electrons. The predicted octanol–water partition coefficient (Wildman–Crippen LogP) is 3.54. The van der Waals surface area contributed by atoms with Crippen molar-refractivity contribution >= 4 is 28.3 Å². The molecule has 0 aliphatic carbocycles. The van der Waals surface area contributed by atoms with Crippen molar-refractivity contribution in [2.45, 2.75) is 18.9 Å². The Hall–Kier alpha value is -0.510. The molecule has 0 heterocycles. The van der Waals surface area contributed by atoms with Crippen LogP contribution >= 0.6 is 28.3 Å². The number of hydrogen-bond acceptors (Lipinski definition) is 2. The van der Waals surface area contributed by atoms with Crippen LogP contribution in [0.15, 0.2) is 35.3 Å². The molecule has 0 aromatic heterocycles. The van der Waals surface area contributed by atoms with E-state index >= 15 is 0 Å². The SMILES string of the molecule is C=CCC[C@H](N)c1ccc(O)c(Br)c1.Cl. The molecule has 84 valence electrons. The van der Waals surface area contributed by atoms with Gasteiger partial charge in [-0.25, -0.2) is 0 Å². The molecule has 0 aliphatic rings. The molecule has 0 spiro atoms. The summed E-state index contributed by atoms with van der Waals surface area (Å²) in [5, 5.41) is 9.30. The molecule has 2 nitrogen and oxygen atoms in total. The molecule has 1 aromatic rings. The van der Waals surface area contributed by atoms with Gasteiger partial charge in [-0.1, -0.05) is 12.1 Å². The zero-order valence-corrected chi connectivity index (χ0v) is 10.7. The molecule has 15 heavy (non-hydrogen) atoms. The summed E-state index contributed by atoms with van der Waals surface area (Å²) in [4.78, 5) is 0. The number of hydrogen-bond donors (Lipinski definition) is 2. The number of phenolic OH excluding ortho intramolecular Hbond substituents is 1. The number of phenols is 1. The van der Waals surface area contributed by atoms with Crippen LogP contribution in [0.5, 0.6) is 5.75 Å². The average Bonchev–Trinajstić information content (AvgIpc) is 2.18. The maximum absolute atomic E-state index is 9.30. The summed E-state index contributed by atoms with van der Waals surface area (Å²) >= 11 is 3.26. The van der Waals surface area contributed by atoms with E-state index in [2.05, 4.69) is 22.5 Å². The van der Waals surface area contributed by atoms with Crippen molar-refractivity contribution in [3.8, 4) is 5.75 Å². The lowest BCUT2D eigenvalue weighted by molar-refractivity contribution is 0.471. The Morgan fingerprint density at radius 2 is 2.20 bits per heavy atom. The van der Waals surface area contributed by atoms with E-state index in [4.69, 9.17) is 5.73 Å². The third kappa shape index (κ3) is 4.24. The largest absolute Gasteiger partial charge is 0.507 e. The number of nitrogens with two attached hydrogens (primary N) is 1. The van der Waals surface area contributed by atoms with Gasteiger partial charge >= 0.3 is 0 Å². The van der Waals surface area contributed by atoms with Gasteiger partial charge in [0.15, 0.2) is 0 Å². The lowest BCUT2D eigenvalue weighted by atomic mass is 10.0. The molecule has 4 heteroatoms. The molecule has 3 N–H and O–H groups in total. The fourth-order valence-electron chi connectivity index (χ4n) is 1.22. The molecule has 0 aliphatic heterocycles. The highest BCUT2D eigenvalue weighted by Gasteiger charge is 2.06. The van der Waals surface area contributed by atoms with Crippen molar-refractivity contribution in [1.29, 1.82) is 0 Å². The number of halogens is 2. The van der Waals surface area contributed by atoms with Gasteiger partial charge in [-0.2, -0.15) is 0 Å². The van der Waals surface area contributed by atoms with E-state index in [1.165, 1.54) is 0 Å². The maximum Gasteiger partial charge on any atom is 0.129 e. The highest BCUT2D eigenvalue weighted by Crippen LogP contribution is 2.27. The molecule has 0 saturated carbocycles. The van der Waals surface area contributed by atoms with Crippen LogP contribution in [0, 0.1) is 0 Å². The van der Waals surface area contributed by atoms with Gasteiger partial charge in [0.25, 0.3) is 0 Å². The first-order valence-corrected chi connectivity index (χ1v) is 5.29. The summed E-state index contributed by atoms with van der Waals surface area (Å²) in [6.07, 6.45) is 3.63. The first-order valence-electron chi connectivity index (χ1n) is 4.50. The minimum absolute atomic E-state index is 0. The number of rotatable bonds is 4. The minimum atomic E-state index is 0. The van der Waals surface area contributed by atoms with Gasteiger partial charge < -0.3 is 10.8 Å². The lowest BCUT2D eigenvalue weighted by Gasteiger charge is -2.11. The van der Waals surface area contributed by atoms with Gasteiger partial charge in [-0.05, 0) is 46.5 Å². The third-order valence-electron chi connectivity index (χ3n) is 2.08. The maximum atomic E-state index is 9.30. The van der Waals surface area contributed by atoms with Crippen LogP contribution in [0.2, 0.25) is 0 Å². The van der Waals surface area contributed by atoms with Gasteiger partial charge in [0.2, 0.25) is 0 Å². The van der Waals surface area contributed by atoms with Crippen LogP contribution in [-0.2, 0) is 0 Å². The number of allylic oxidation sites excluding steroid dienone is 1. The van der Waals surface area contributed by atoms with Crippen molar-refractivity contribution in [3.05, 3.63) is 40.9 Å². The smallest absolute Gasteiger partial charge is 0.129 e. The zero-order chi connectivity index (χ0) is 10.6. The van der Waals surface area contributed by atoms with Crippen molar-refractivity contribution < 1.29 is 5.11 Å². The van der Waals surface area contributed by atoms with Crippen molar-refractivity contribution in [3.63, 3.8) is 0 Å². The van der Waals surface area contributed by atoms with Crippen molar-refractivity contribution in [1.82, 2.24) is 0 Å². The van der Waals surface area contributed by atoms with Crippen LogP contribution in [0.1, 0.15) is 24.4 Å². The topological polar surface area (TPSA) is 46.2 Å². The highest BCUT2D eigenvalue weighted by atomic mass is 79.9. The zero-order valence-electron chi connectivity index (χ0n) is 8.32. The Morgan fingerprint density at radius 1 is 1.53 bits per heavy atom. The second kappa shape index (κ2) is 6.88. The summed E-state index contributed by atoms with van der Waals surface area (Å²) in [5.74, 6) is 0.240. The second-order valence-corrected chi connectivity index (χ2v) is 4.04. The normalized spacial score (nSPS) is 11.6. The van der Waals surface area contributed by atoms with Gasteiger partial charge in [0.05, 0.1) is 4.47 Å². The van der Waals surface area contributed by atoms with E-state index < -0.39 is 0 Å². The fourth-order valence-corrected chi connectivity index (χ4v) is 1.61. The van der Waals surface area contributed by atoms with Gasteiger partial charge in [0.1, 0.15) is 5.75 Å². The van der Waals surface area contributed by atoms with Gasteiger partial charge in [-0.3, -0.25) is 0 Å². The lowest BCUT2D eigenvalue weighted by Crippen LogP contribution is -2.09. The van der Waals surface area contributed by atoms with Crippen molar-refractivity contribution in [2.24, 2.45) is 5.73 Å². The summed E-state index contributed by atoms with van der Waals surface area (Å²) in [5.41, 5.74) is 6.97. The number of benzene rings is 1. The highest BCUT2D eigenvalue weighted by molar-refractivity contribution is 9.10. The van der Waals surface area contributed by atoms with Gasteiger partial charge in [0, 0.05) is 6.04 Å². The Balaban J connectivity index is 0.00000196. The van der Waals surface area contributed by atoms with E-state index in [0.717, 1.165) is 18.4 Å². The molecule has 0 amide bonds. The summed E-state index contributed by atoms with van der Waals surface area (Å²) < 4.78 is 0.684. The van der Waals surface area contributed by atoms with E-state index in [1.54, 1.807) is 6.07 Å². The molecular formula is C11H15BrClNO. The second-order valence-electron chi connectivity index (χ2n) is 3.18. The average molecular weight is 293 g/mol. The van der Waals surface area contributed by atoms with Crippen LogP contribution in [0.3, 0.4) is 0 Å². The van der Waals surface area contributed by atoms with E-state index in [-0.39, 0.29) is 24.2 Å². The monoisotopic (exact) mass is 291 g/mol. The Morgan fingerprint density at radius 3 is 2.73 bits per heavy atom. The minimum Gasteiger partial charge on any atom is -0.507 e. The summed E-state index contributed by atoms with van der Waals surface area (Å²) in [6.45, 7) is 3.65. The molecule has 0 saturated heterocycles. The van der Waals surface area contributed by atoms with Crippen LogP contribution in [0.4, 0.5) is 0 Å². The summed E-state index contributed by atoms with van der Waals surface area (Å²) in [7, 11) is 0.